The Morgan fingerprint density at radius 1 is 1.60 bits per heavy atom. The van der Waals surface area contributed by atoms with Crippen molar-refractivity contribution in [1.82, 2.24) is 5.32 Å². The van der Waals surface area contributed by atoms with Gasteiger partial charge in [0, 0.05) is 4.88 Å². The smallest absolute Gasteiger partial charge is 0.234 e. The predicted molar refractivity (Wildman–Crippen MR) is 68.5 cm³/mol. The maximum Gasteiger partial charge on any atom is 0.234 e. The molecule has 1 heterocycles. The van der Waals surface area contributed by atoms with Crippen LogP contribution in [0.25, 0.3) is 0 Å². The summed E-state index contributed by atoms with van der Waals surface area (Å²) in [7, 11) is 0. The summed E-state index contributed by atoms with van der Waals surface area (Å²) >= 11 is 5.04. The molecule has 1 N–H and O–H groups in total. The first-order valence-electron chi connectivity index (χ1n) is 5.16. The van der Waals surface area contributed by atoms with Crippen LogP contribution in [0.5, 0.6) is 0 Å². The van der Waals surface area contributed by atoms with Crippen LogP contribution in [0, 0.1) is 0 Å². The second-order valence-corrected chi connectivity index (χ2v) is 5.42. The van der Waals surface area contributed by atoms with Gasteiger partial charge in [-0.1, -0.05) is 29.8 Å². The number of thiophene rings is 1. The highest BCUT2D eigenvalue weighted by molar-refractivity contribution is 9.10. The van der Waals surface area contributed by atoms with Crippen molar-refractivity contribution in [2.75, 3.05) is 0 Å². The third kappa shape index (κ3) is 3.61. The molecule has 1 atom stereocenters. The molecule has 4 heteroatoms. The van der Waals surface area contributed by atoms with Crippen LogP contribution in [0.2, 0.25) is 0 Å². The fourth-order valence-corrected chi connectivity index (χ4v) is 2.38. The molecule has 2 nitrogen and oxygen atoms in total. The number of hydrogen-bond donors (Lipinski definition) is 1. The molecule has 1 aromatic rings. The highest BCUT2D eigenvalue weighted by Gasteiger charge is 2.12. The summed E-state index contributed by atoms with van der Waals surface area (Å²) in [6.45, 7) is 4.77. The van der Waals surface area contributed by atoms with Crippen molar-refractivity contribution in [3.8, 4) is 0 Å². The van der Waals surface area contributed by atoms with Crippen LogP contribution in [0.15, 0.2) is 11.4 Å². The van der Waals surface area contributed by atoms with Crippen LogP contribution >= 0.6 is 27.3 Å². The number of halogens is 1. The van der Waals surface area contributed by atoms with Gasteiger partial charge in [-0.2, -0.15) is 0 Å². The lowest BCUT2D eigenvalue weighted by molar-refractivity contribution is -0.120. The minimum Gasteiger partial charge on any atom is -0.350 e. The highest BCUT2D eigenvalue weighted by Crippen LogP contribution is 2.17. The Labute approximate surface area is 103 Å². The number of alkyl halides is 1. The van der Waals surface area contributed by atoms with Gasteiger partial charge in [-0.3, -0.25) is 4.79 Å². The van der Waals surface area contributed by atoms with Crippen molar-refractivity contribution in [3.63, 3.8) is 0 Å². The summed E-state index contributed by atoms with van der Waals surface area (Å²) in [6.07, 6.45) is 1.84. The third-order valence-corrected chi connectivity index (χ3v) is 4.31. The molecule has 0 radical (unpaired) electrons. The van der Waals surface area contributed by atoms with Gasteiger partial charge in [0.2, 0.25) is 5.91 Å². The van der Waals surface area contributed by atoms with Crippen LogP contribution in [0.4, 0.5) is 0 Å². The summed E-state index contributed by atoms with van der Waals surface area (Å²) in [5.41, 5.74) is 1.34. The predicted octanol–water partition coefficient (Wildman–Crippen LogP) is 3.10. The third-order valence-electron chi connectivity index (χ3n) is 2.28. The molecule has 1 aromatic heterocycles. The zero-order valence-corrected chi connectivity index (χ0v) is 11.5. The molecular weight excluding hydrogens is 274 g/mol. The van der Waals surface area contributed by atoms with Crippen LogP contribution in [-0.2, 0) is 17.8 Å². The Morgan fingerprint density at radius 2 is 2.33 bits per heavy atom. The summed E-state index contributed by atoms with van der Waals surface area (Å²) in [6, 6.07) is 2.12. The minimum atomic E-state index is -0.0671. The Morgan fingerprint density at radius 3 is 2.93 bits per heavy atom. The maximum atomic E-state index is 11.5. The number of hydrogen-bond acceptors (Lipinski definition) is 2. The lowest BCUT2D eigenvalue weighted by Gasteiger charge is -2.08. The average Bonchev–Trinajstić information content (AvgIpc) is 2.71. The van der Waals surface area contributed by atoms with E-state index in [1.165, 1.54) is 10.4 Å². The Kier molecular flexibility index (Phi) is 5.32. The van der Waals surface area contributed by atoms with Crippen molar-refractivity contribution in [3.05, 3.63) is 21.9 Å². The van der Waals surface area contributed by atoms with E-state index >= 15 is 0 Å². The summed E-state index contributed by atoms with van der Waals surface area (Å²) in [4.78, 5) is 12.7. The molecule has 0 saturated heterocycles. The topological polar surface area (TPSA) is 29.1 Å². The average molecular weight is 290 g/mol. The second kappa shape index (κ2) is 6.28. The van der Waals surface area contributed by atoms with Gasteiger partial charge in [0.15, 0.2) is 0 Å². The number of carbonyl (C=O) groups excluding carboxylic acids is 1. The van der Waals surface area contributed by atoms with Crippen LogP contribution < -0.4 is 5.32 Å². The molecule has 0 aliphatic heterocycles. The monoisotopic (exact) mass is 289 g/mol. The maximum absolute atomic E-state index is 11.5. The van der Waals surface area contributed by atoms with Gasteiger partial charge in [-0.25, -0.2) is 0 Å². The molecule has 0 aliphatic carbocycles. The van der Waals surface area contributed by atoms with Gasteiger partial charge in [0.05, 0.1) is 11.4 Å². The molecule has 15 heavy (non-hydrogen) atoms. The van der Waals surface area contributed by atoms with E-state index in [0.717, 1.165) is 12.8 Å². The molecule has 0 fully saturated rings. The van der Waals surface area contributed by atoms with Gasteiger partial charge >= 0.3 is 0 Å². The zero-order valence-electron chi connectivity index (χ0n) is 9.05. The van der Waals surface area contributed by atoms with Crippen molar-refractivity contribution in [1.29, 1.82) is 0 Å². The first kappa shape index (κ1) is 12.7. The summed E-state index contributed by atoms with van der Waals surface area (Å²) in [5, 5.41) is 5.01. The van der Waals surface area contributed by atoms with Crippen molar-refractivity contribution < 1.29 is 4.79 Å². The molecule has 1 unspecified atom stereocenters. The molecule has 1 rings (SSSR count). The molecular formula is C11H16BrNOS. The van der Waals surface area contributed by atoms with E-state index in [0.29, 0.717) is 6.54 Å². The summed E-state index contributed by atoms with van der Waals surface area (Å²) in [5.74, 6) is 0.0768. The van der Waals surface area contributed by atoms with E-state index in [4.69, 9.17) is 0 Å². The van der Waals surface area contributed by atoms with E-state index in [-0.39, 0.29) is 10.7 Å². The number of carbonyl (C=O) groups is 1. The molecule has 0 aromatic carbocycles. The first-order valence-corrected chi connectivity index (χ1v) is 6.95. The van der Waals surface area contributed by atoms with Gasteiger partial charge < -0.3 is 5.32 Å². The lowest BCUT2D eigenvalue weighted by atomic mass is 10.2. The quantitative estimate of drug-likeness (QED) is 0.830. The zero-order chi connectivity index (χ0) is 11.3. The summed E-state index contributed by atoms with van der Waals surface area (Å²) < 4.78 is 0. The Bertz CT molecular complexity index is 324. The SMILES string of the molecule is CCc1ccsc1CNC(=O)C(Br)CC. The van der Waals surface area contributed by atoms with Crippen LogP contribution in [-0.4, -0.2) is 10.7 Å². The number of nitrogens with one attached hydrogen (secondary N) is 1. The Hall–Kier alpha value is -0.350. The fourth-order valence-electron chi connectivity index (χ4n) is 1.30. The highest BCUT2D eigenvalue weighted by atomic mass is 79.9. The molecule has 0 bridgehead atoms. The molecule has 0 saturated carbocycles. The van der Waals surface area contributed by atoms with Gasteiger partial charge in [-0.15, -0.1) is 11.3 Å². The van der Waals surface area contributed by atoms with Crippen molar-refractivity contribution in [2.24, 2.45) is 0 Å². The van der Waals surface area contributed by atoms with Crippen molar-refractivity contribution >= 4 is 33.2 Å². The van der Waals surface area contributed by atoms with E-state index in [1.54, 1.807) is 11.3 Å². The number of aryl methyl sites for hydroxylation is 1. The standard InChI is InChI=1S/C11H16BrNOS/c1-3-8-5-6-15-10(8)7-13-11(14)9(12)4-2/h5-6,9H,3-4,7H2,1-2H3,(H,13,14). The largest absolute Gasteiger partial charge is 0.350 e. The number of rotatable bonds is 5. The molecule has 0 aliphatic rings. The van der Waals surface area contributed by atoms with Gasteiger partial charge in [0.1, 0.15) is 0 Å². The normalized spacial score (nSPS) is 12.5. The van der Waals surface area contributed by atoms with Gasteiger partial charge in [0.25, 0.3) is 0 Å². The van der Waals surface area contributed by atoms with E-state index in [9.17, 15) is 4.79 Å². The number of amides is 1. The molecule has 1 amide bonds. The molecule has 84 valence electrons. The van der Waals surface area contributed by atoms with E-state index < -0.39 is 0 Å². The van der Waals surface area contributed by atoms with Gasteiger partial charge in [-0.05, 0) is 29.9 Å². The first-order chi connectivity index (χ1) is 7.19. The second-order valence-electron chi connectivity index (χ2n) is 3.32. The van der Waals surface area contributed by atoms with E-state index in [1.807, 2.05) is 6.92 Å². The minimum absolute atomic E-state index is 0.0671. The molecule has 0 spiro atoms. The van der Waals surface area contributed by atoms with Crippen molar-refractivity contribution in [2.45, 2.75) is 38.1 Å². The van der Waals surface area contributed by atoms with Crippen LogP contribution in [0.1, 0.15) is 30.7 Å². The lowest BCUT2D eigenvalue weighted by Crippen LogP contribution is -2.30. The van der Waals surface area contributed by atoms with E-state index in [2.05, 4.69) is 39.6 Å². The Balaban J connectivity index is 2.47. The fraction of sp³-hybridized carbons (Fsp3) is 0.545. The van der Waals surface area contributed by atoms with Crippen LogP contribution in [0.3, 0.4) is 0 Å².